The van der Waals surface area contributed by atoms with Gasteiger partial charge in [-0.3, -0.25) is 0 Å². The van der Waals surface area contributed by atoms with Gasteiger partial charge in [0.25, 0.3) is 0 Å². The average molecular weight is 1750 g/mol. The average Bonchev–Trinajstić information content (AvgIpc) is 1.58. The lowest BCUT2D eigenvalue weighted by molar-refractivity contribution is 0.670. The summed E-state index contributed by atoms with van der Waals surface area (Å²) in [6.45, 7) is 0. The summed E-state index contributed by atoms with van der Waals surface area (Å²) in [5.74, 6) is 1.91. The second-order valence-corrected chi connectivity index (χ2v) is 37.0. The molecule has 0 aliphatic carbocycles. The van der Waals surface area contributed by atoms with Crippen LogP contribution in [0, 0.1) is 0 Å². The third kappa shape index (κ3) is 13.4. The third-order valence-electron chi connectivity index (χ3n) is 26.1. The van der Waals surface area contributed by atoms with Gasteiger partial charge >= 0.3 is 0 Å². The van der Waals surface area contributed by atoms with Crippen molar-refractivity contribution < 1.29 is 4.42 Å². The molecule has 0 atom stereocenters. The van der Waals surface area contributed by atoms with Gasteiger partial charge in [0, 0.05) is 148 Å². The summed E-state index contributed by atoms with van der Waals surface area (Å²) in [6, 6.07) is 162. The molecule has 0 amide bonds. The van der Waals surface area contributed by atoms with Gasteiger partial charge in [0.1, 0.15) is 11.2 Å². The molecular formula is C122H75N7OS3. The van der Waals surface area contributed by atoms with Gasteiger partial charge in [-0.2, -0.15) is 0 Å². The molecule has 0 unspecified atom stereocenters. The van der Waals surface area contributed by atoms with Gasteiger partial charge in [0.2, 0.25) is 0 Å². The van der Waals surface area contributed by atoms with Crippen LogP contribution >= 0.6 is 34.0 Å². The fourth-order valence-electron chi connectivity index (χ4n) is 19.9. The molecular weight excluding hydrogens is 1680 g/mol. The summed E-state index contributed by atoms with van der Waals surface area (Å²) < 4.78 is 21.6. The van der Waals surface area contributed by atoms with Crippen molar-refractivity contribution >= 4 is 182 Å². The smallest absolute Gasteiger partial charge is 0.164 e. The number of hydrogen-bond donors (Lipinski definition) is 0. The lowest BCUT2D eigenvalue weighted by atomic mass is 10.0. The number of nitrogens with zero attached hydrogens (tertiary/aromatic N) is 7. The molecule has 9 aromatic heterocycles. The fraction of sp³-hybridized carbons (Fsp3) is 0. The molecule has 19 aromatic carbocycles. The van der Waals surface area contributed by atoms with Crippen molar-refractivity contribution in [3.05, 3.63) is 455 Å². The van der Waals surface area contributed by atoms with E-state index < -0.39 is 0 Å². The van der Waals surface area contributed by atoms with Crippen molar-refractivity contribution in [2.45, 2.75) is 0 Å². The maximum Gasteiger partial charge on any atom is 0.164 e. The molecule has 133 heavy (non-hydrogen) atoms. The van der Waals surface area contributed by atoms with Crippen LogP contribution in [0.2, 0.25) is 0 Å². The molecule has 11 heteroatoms. The molecule has 0 N–H and O–H groups in total. The van der Waals surface area contributed by atoms with Crippen molar-refractivity contribution in [1.82, 2.24) is 33.6 Å². The number of hydrogen-bond acceptors (Lipinski definition) is 8. The molecule has 0 aliphatic rings. The Kier molecular flexibility index (Phi) is 18.7. The highest BCUT2D eigenvalue weighted by atomic mass is 32.1. The molecule has 0 spiro atoms. The summed E-state index contributed by atoms with van der Waals surface area (Å²) in [5.41, 5.74) is 26.5. The summed E-state index contributed by atoms with van der Waals surface area (Å²) in [6.07, 6.45) is 0. The van der Waals surface area contributed by atoms with E-state index in [0.717, 1.165) is 94.7 Å². The molecule has 8 nitrogen and oxygen atoms in total. The van der Waals surface area contributed by atoms with E-state index in [4.69, 9.17) is 24.4 Å². The topological polar surface area (TPSA) is 79.5 Å². The minimum atomic E-state index is 0.626. The van der Waals surface area contributed by atoms with Gasteiger partial charge < -0.3 is 18.1 Å². The van der Waals surface area contributed by atoms with Gasteiger partial charge in [-0.25, -0.2) is 19.9 Å². The highest BCUT2D eigenvalue weighted by molar-refractivity contribution is 7.27. The second kappa shape index (κ2) is 32.1. The Morgan fingerprint density at radius 2 is 0.526 bits per heavy atom. The normalized spacial score (nSPS) is 11.8. The predicted octanol–water partition coefficient (Wildman–Crippen LogP) is 34.3. The first-order chi connectivity index (χ1) is 65.9. The zero-order valence-electron chi connectivity index (χ0n) is 71.6. The Morgan fingerprint density at radius 3 is 1.02 bits per heavy atom. The Balaban J connectivity index is 0.000000105. The SMILES string of the molecule is c1ccc(-c2cc(-n3c4ccccc4c4cc(-c5cccc6c5sc5ccccc56)ccc43)cc(-c3ccccc3)n2)cc1.c1ccc(-c2nc(-c3ccccc3)nc(-c3cccc(-n4c5ccccc5c5cc(-c6cccc7c6oc6ccccc67)ccc54)c3)n2)cc1.c1ccc2c(c1)sc1ccc(-n3c4ccccc4c4cc(-c5cccc6c5sc5ccccc56)ccc43)cc12. The zero-order valence-corrected chi connectivity index (χ0v) is 74.0. The molecule has 0 aliphatic heterocycles. The van der Waals surface area contributed by atoms with Crippen molar-refractivity contribution in [3.63, 3.8) is 0 Å². The Labute approximate surface area is 776 Å². The van der Waals surface area contributed by atoms with E-state index in [1.807, 2.05) is 107 Å². The van der Waals surface area contributed by atoms with Crippen molar-refractivity contribution in [1.29, 1.82) is 0 Å². The van der Waals surface area contributed by atoms with Crippen LogP contribution in [0.5, 0.6) is 0 Å². The third-order valence-corrected chi connectivity index (χ3v) is 29.6. The highest BCUT2D eigenvalue weighted by Crippen LogP contribution is 2.48. The van der Waals surface area contributed by atoms with Gasteiger partial charge in [-0.15, -0.1) is 34.0 Å². The highest BCUT2D eigenvalue weighted by Gasteiger charge is 2.24. The first-order valence-electron chi connectivity index (χ1n) is 44.8. The maximum absolute atomic E-state index is 6.42. The summed E-state index contributed by atoms with van der Waals surface area (Å²) >= 11 is 5.64. The lowest BCUT2D eigenvalue weighted by Crippen LogP contribution is -2.01. The Morgan fingerprint density at radius 1 is 0.180 bits per heavy atom. The summed E-state index contributed by atoms with van der Waals surface area (Å²) in [5, 5.41) is 17.7. The van der Waals surface area contributed by atoms with Crippen LogP contribution in [0.25, 0.3) is 255 Å². The molecule has 0 radical (unpaired) electrons. The van der Waals surface area contributed by atoms with E-state index in [0.29, 0.717) is 17.5 Å². The van der Waals surface area contributed by atoms with Crippen LogP contribution in [0.3, 0.4) is 0 Å². The molecule has 0 fully saturated rings. The summed E-state index contributed by atoms with van der Waals surface area (Å²) in [7, 11) is 0. The van der Waals surface area contributed by atoms with E-state index in [-0.39, 0.29) is 0 Å². The van der Waals surface area contributed by atoms with Gasteiger partial charge in [-0.1, -0.05) is 334 Å². The standard InChI is InChI=1S/C45H28N4O.C41H26N2S.C36H21NS2/c1-3-13-29(14-4-1)43-46-44(30-15-5-2-6-16-30)48-45(47-43)32-17-11-18-33(27-32)49-39-23-9-7-19-35(39)38-28-31(25-26-40(38)49)34-21-12-22-37-36-20-8-10-24-41(36)50-42(34)37;1-3-12-27(13-4-1)36-25-30(26-37(42-36)28-14-5-2-6-15-28)43-38-20-9-7-16-32(38)35-24-29(22-23-39(35)43)31-18-11-19-34-33-17-8-10-21-40(33)44-41(31)34;1-4-13-31-25(8-1)29-20-22(24-11-7-12-28-26-9-2-6-15-34(26)39-36(24)28)16-18-32(29)37(31)23-17-19-35-30(21-23)27-10-3-5-14-33(27)38-35/h1-28H;1-26H;1-21H. The number of rotatable bonds is 11. The van der Waals surface area contributed by atoms with Crippen molar-refractivity contribution in [3.8, 4) is 107 Å². The molecule has 9 heterocycles. The lowest BCUT2D eigenvalue weighted by Gasteiger charge is -2.13. The zero-order chi connectivity index (χ0) is 87.6. The van der Waals surface area contributed by atoms with Crippen LogP contribution in [0.15, 0.2) is 459 Å². The quantitative estimate of drug-likeness (QED) is 0.129. The Hall–Kier alpha value is -16.8. The summed E-state index contributed by atoms with van der Waals surface area (Å²) in [4.78, 5) is 20.0. The van der Waals surface area contributed by atoms with E-state index in [1.54, 1.807) is 0 Å². The van der Waals surface area contributed by atoms with E-state index in [9.17, 15) is 0 Å². The van der Waals surface area contributed by atoms with Crippen molar-refractivity contribution in [2.24, 2.45) is 0 Å². The number of para-hydroxylation sites is 5. The number of fused-ring (bicyclic) bond motifs is 21. The molecule has 0 saturated carbocycles. The van der Waals surface area contributed by atoms with Gasteiger partial charge in [-0.05, 0) is 149 Å². The van der Waals surface area contributed by atoms with Crippen LogP contribution in [0.1, 0.15) is 0 Å². The molecule has 0 saturated heterocycles. The minimum absolute atomic E-state index is 0.626. The first-order valence-corrected chi connectivity index (χ1v) is 47.2. The number of furan rings is 1. The van der Waals surface area contributed by atoms with Crippen LogP contribution < -0.4 is 0 Å². The second-order valence-electron chi connectivity index (χ2n) is 33.8. The molecule has 28 rings (SSSR count). The van der Waals surface area contributed by atoms with Crippen LogP contribution in [-0.4, -0.2) is 33.6 Å². The van der Waals surface area contributed by atoms with E-state index in [1.165, 1.54) is 143 Å². The maximum atomic E-state index is 6.42. The predicted molar refractivity (Wildman–Crippen MR) is 563 cm³/mol. The number of thiophene rings is 3. The monoisotopic (exact) mass is 1750 g/mol. The number of aromatic nitrogens is 7. The Bertz CT molecular complexity index is 9370. The minimum Gasteiger partial charge on any atom is -0.455 e. The van der Waals surface area contributed by atoms with E-state index in [2.05, 4.69) is 396 Å². The molecule has 622 valence electrons. The first kappa shape index (κ1) is 77.3. The van der Waals surface area contributed by atoms with Crippen LogP contribution in [0.4, 0.5) is 0 Å². The van der Waals surface area contributed by atoms with Gasteiger partial charge in [0.15, 0.2) is 17.5 Å². The molecule has 0 bridgehead atoms. The largest absolute Gasteiger partial charge is 0.455 e. The molecule has 28 aromatic rings. The van der Waals surface area contributed by atoms with E-state index >= 15 is 0 Å². The number of benzene rings is 19. The van der Waals surface area contributed by atoms with Crippen LogP contribution in [-0.2, 0) is 0 Å². The fourth-order valence-corrected chi connectivity index (χ4v) is 23.5. The number of pyridine rings is 1. The van der Waals surface area contributed by atoms with Gasteiger partial charge in [0.05, 0.1) is 50.2 Å². The van der Waals surface area contributed by atoms with Crippen molar-refractivity contribution in [2.75, 3.05) is 0 Å².